The van der Waals surface area contributed by atoms with Crippen molar-refractivity contribution in [3.8, 4) is 11.8 Å². The molecule has 2 N–H and O–H groups in total. The fraction of sp³-hybridized carbons (Fsp3) is 0.0400. The second-order valence-corrected chi connectivity index (χ2v) is 8.10. The predicted molar refractivity (Wildman–Crippen MR) is 128 cm³/mol. The summed E-state index contributed by atoms with van der Waals surface area (Å²) >= 11 is 1.60. The molecule has 3 aromatic heterocycles. The van der Waals surface area contributed by atoms with Crippen molar-refractivity contribution < 1.29 is 4.74 Å². The summed E-state index contributed by atoms with van der Waals surface area (Å²) in [6.45, 7) is 0. The zero-order valence-corrected chi connectivity index (χ0v) is 17.5. The highest BCUT2D eigenvalue weighted by Crippen LogP contribution is 2.35. The zero-order chi connectivity index (χ0) is 21.2. The van der Waals surface area contributed by atoms with Crippen LogP contribution in [0.5, 0.6) is 5.75 Å². The highest BCUT2D eigenvalue weighted by molar-refractivity contribution is 7.19. The van der Waals surface area contributed by atoms with Crippen LogP contribution in [0.4, 0.5) is 11.4 Å². The summed E-state index contributed by atoms with van der Waals surface area (Å²) in [5.41, 5.74) is 4.39. The summed E-state index contributed by atoms with van der Waals surface area (Å²) in [4.78, 5) is 9.65. The molecule has 0 fully saturated rings. The molecule has 0 bridgehead atoms. The van der Waals surface area contributed by atoms with Crippen LogP contribution in [0.15, 0.2) is 67.0 Å². The van der Waals surface area contributed by atoms with Gasteiger partial charge < -0.3 is 15.0 Å². The van der Waals surface area contributed by atoms with Crippen LogP contribution in [0.2, 0.25) is 0 Å². The van der Waals surface area contributed by atoms with E-state index < -0.39 is 0 Å². The molecule has 0 radical (unpaired) electrons. The van der Waals surface area contributed by atoms with Crippen LogP contribution < -0.4 is 10.1 Å². The van der Waals surface area contributed by atoms with Crippen molar-refractivity contribution >= 4 is 56.0 Å². The summed E-state index contributed by atoms with van der Waals surface area (Å²) in [6, 6.07) is 20.4. The third kappa shape index (κ3) is 3.75. The number of methoxy groups -OCH3 is 1. The van der Waals surface area contributed by atoms with E-state index in [0.717, 1.165) is 48.7 Å². The SMILES string of the molecule is COc1ccc(C=Cc2cc3c(Nc4ccc5[nH]ccc5c4)c(C#N)cnc3s2)cc1. The number of hydrogen-bond donors (Lipinski definition) is 2. The molecular weight excluding hydrogens is 404 g/mol. The normalized spacial score (nSPS) is 11.2. The molecule has 0 saturated carbocycles. The number of aromatic nitrogens is 2. The maximum Gasteiger partial charge on any atom is 0.125 e. The van der Waals surface area contributed by atoms with Gasteiger partial charge in [-0.05, 0) is 54.1 Å². The first-order valence-electron chi connectivity index (χ1n) is 9.72. The first-order valence-corrected chi connectivity index (χ1v) is 10.5. The third-order valence-corrected chi connectivity index (χ3v) is 6.09. The minimum Gasteiger partial charge on any atom is -0.497 e. The average molecular weight is 423 g/mol. The monoisotopic (exact) mass is 422 g/mol. The molecule has 0 atom stereocenters. The van der Waals surface area contributed by atoms with Gasteiger partial charge in [-0.15, -0.1) is 11.3 Å². The van der Waals surface area contributed by atoms with E-state index >= 15 is 0 Å². The lowest BCUT2D eigenvalue weighted by molar-refractivity contribution is 0.415. The van der Waals surface area contributed by atoms with Crippen LogP contribution in [-0.4, -0.2) is 17.1 Å². The quantitative estimate of drug-likeness (QED) is 0.336. The highest BCUT2D eigenvalue weighted by Gasteiger charge is 2.12. The van der Waals surface area contributed by atoms with Crippen molar-refractivity contribution in [1.82, 2.24) is 9.97 Å². The Balaban J connectivity index is 1.50. The summed E-state index contributed by atoms with van der Waals surface area (Å²) in [7, 11) is 1.66. The molecule has 0 spiro atoms. The van der Waals surface area contributed by atoms with Gasteiger partial charge in [0.25, 0.3) is 0 Å². The number of fused-ring (bicyclic) bond motifs is 2. The van der Waals surface area contributed by atoms with E-state index in [2.05, 4.69) is 45.6 Å². The molecule has 0 amide bonds. The van der Waals surface area contributed by atoms with Gasteiger partial charge in [-0.3, -0.25) is 0 Å². The Morgan fingerprint density at radius 2 is 1.97 bits per heavy atom. The summed E-state index contributed by atoms with van der Waals surface area (Å²) in [6.07, 6.45) is 7.67. The molecule has 0 aliphatic heterocycles. The van der Waals surface area contributed by atoms with Gasteiger partial charge in [0.1, 0.15) is 16.6 Å². The first kappa shape index (κ1) is 18.9. The van der Waals surface area contributed by atoms with Gasteiger partial charge in [0, 0.05) is 39.2 Å². The number of nitrogens with zero attached hydrogens (tertiary/aromatic N) is 2. The zero-order valence-electron chi connectivity index (χ0n) is 16.7. The van der Waals surface area contributed by atoms with Crippen LogP contribution >= 0.6 is 11.3 Å². The van der Waals surface area contributed by atoms with E-state index in [1.165, 1.54) is 0 Å². The molecule has 0 saturated heterocycles. The molecule has 5 aromatic rings. The third-order valence-electron chi connectivity index (χ3n) is 5.08. The van der Waals surface area contributed by atoms with E-state index in [1.54, 1.807) is 24.6 Å². The van der Waals surface area contributed by atoms with Gasteiger partial charge >= 0.3 is 0 Å². The Kier molecular flexibility index (Phi) is 4.87. The van der Waals surface area contributed by atoms with Gasteiger partial charge in [-0.1, -0.05) is 18.2 Å². The van der Waals surface area contributed by atoms with Crippen molar-refractivity contribution in [2.45, 2.75) is 0 Å². The maximum atomic E-state index is 9.64. The van der Waals surface area contributed by atoms with E-state index in [1.807, 2.05) is 48.7 Å². The Morgan fingerprint density at radius 3 is 2.77 bits per heavy atom. The van der Waals surface area contributed by atoms with Crippen LogP contribution in [-0.2, 0) is 0 Å². The molecule has 5 nitrogen and oxygen atoms in total. The number of aromatic amines is 1. The van der Waals surface area contributed by atoms with Crippen LogP contribution in [0.25, 0.3) is 33.3 Å². The van der Waals surface area contributed by atoms with E-state index in [4.69, 9.17) is 4.74 Å². The van der Waals surface area contributed by atoms with Crippen molar-refractivity contribution in [1.29, 1.82) is 5.26 Å². The number of pyridine rings is 1. The molecule has 3 heterocycles. The fourth-order valence-corrected chi connectivity index (χ4v) is 4.39. The summed E-state index contributed by atoms with van der Waals surface area (Å²) in [5.74, 6) is 0.834. The minimum atomic E-state index is 0.519. The number of H-pyrrole nitrogens is 1. The molecule has 31 heavy (non-hydrogen) atoms. The standard InChI is InChI=1S/C25H18N4OS/c1-30-20-6-2-16(3-7-20)4-8-21-13-22-24(18(14-26)15-28-25(22)31-21)29-19-5-9-23-17(12-19)10-11-27-23/h2-13,15,27H,1H3,(H,28,29). The number of benzene rings is 2. The first-order chi connectivity index (χ1) is 15.2. The summed E-state index contributed by atoms with van der Waals surface area (Å²) in [5, 5.41) is 15.1. The van der Waals surface area contributed by atoms with Crippen molar-refractivity contribution in [3.05, 3.63) is 83.0 Å². The van der Waals surface area contributed by atoms with Crippen LogP contribution in [0, 0.1) is 11.3 Å². The lowest BCUT2D eigenvalue weighted by atomic mass is 10.1. The van der Waals surface area contributed by atoms with E-state index in [0.29, 0.717) is 5.56 Å². The molecule has 0 unspecified atom stereocenters. The number of rotatable bonds is 5. The minimum absolute atomic E-state index is 0.519. The number of hydrogen-bond acceptors (Lipinski definition) is 5. The van der Waals surface area contributed by atoms with E-state index in [9.17, 15) is 5.26 Å². The van der Waals surface area contributed by atoms with Crippen molar-refractivity contribution in [2.24, 2.45) is 0 Å². The lowest BCUT2D eigenvalue weighted by Gasteiger charge is -2.09. The molecular formula is C25H18N4OS. The van der Waals surface area contributed by atoms with Gasteiger partial charge in [-0.25, -0.2) is 4.98 Å². The molecule has 0 aliphatic rings. The number of nitriles is 1. The Labute approximate surface area is 183 Å². The topological polar surface area (TPSA) is 73.7 Å². The maximum absolute atomic E-state index is 9.64. The van der Waals surface area contributed by atoms with Crippen molar-refractivity contribution in [2.75, 3.05) is 12.4 Å². The van der Waals surface area contributed by atoms with Gasteiger partial charge in [0.2, 0.25) is 0 Å². The van der Waals surface area contributed by atoms with Crippen LogP contribution in [0.1, 0.15) is 16.0 Å². The largest absolute Gasteiger partial charge is 0.497 e. The fourth-order valence-electron chi connectivity index (χ4n) is 3.48. The molecule has 5 rings (SSSR count). The Hall–Kier alpha value is -4.08. The highest BCUT2D eigenvalue weighted by atomic mass is 32.1. The number of ether oxygens (including phenoxy) is 1. The number of anilines is 2. The van der Waals surface area contributed by atoms with E-state index in [-0.39, 0.29) is 0 Å². The second kappa shape index (κ2) is 7.98. The molecule has 6 heteroatoms. The number of nitrogens with one attached hydrogen (secondary N) is 2. The van der Waals surface area contributed by atoms with Gasteiger partial charge in [0.05, 0.1) is 18.4 Å². The Bertz CT molecular complexity index is 1450. The van der Waals surface area contributed by atoms with Crippen LogP contribution in [0.3, 0.4) is 0 Å². The van der Waals surface area contributed by atoms with Gasteiger partial charge in [-0.2, -0.15) is 5.26 Å². The molecule has 2 aromatic carbocycles. The lowest BCUT2D eigenvalue weighted by Crippen LogP contribution is -1.95. The summed E-state index contributed by atoms with van der Waals surface area (Å²) < 4.78 is 5.21. The number of thiophene rings is 1. The average Bonchev–Trinajstić information content (AvgIpc) is 3.44. The Morgan fingerprint density at radius 1 is 1.10 bits per heavy atom. The second-order valence-electron chi connectivity index (χ2n) is 7.04. The molecule has 0 aliphatic carbocycles. The smallest absolute Gasteiger partial charge is 0.125 e. The predicted octanol–water partition coefficient (Wildman–Crippen LogP) is 6.57. The van der Waals surface area contributed by atoms with Gasteiger partial charge in [0.15, 0.2) is 0 Å². The van der Waals surface area contributed by atoms with Crippen molar-refractivity contribution in [3.63, 3.8) is 0 Å². The molecule has 150 valence electrons.